The number of ether oxygens (including phenoxy) is 3. The van der Waals surface area contributed by atoms with Crippen molar-refractivity contribution in [3.05, 3.63) is 23.8 Å². The second kappa shape index (κ2) is 8.36. The van der Waals surface area contributed by atoms with Gasteiger partial charge in [0.2, 0.25) is 0 Å². The molecular weight excluding hydrogens is 330 g/mol. The molecule has 2 N–H and O–H groups in total. The zero-order valence-electron chi connectivity index (χ0n) is 14.1. The van der Waals surface area contributed by atoms with Crippen LogP contribution in [0.2, 0.25) is 0 Å². The summed E-state index contributed by atoms with van der Waals surface area (Å²) in [6.45, 7) is -0.304. The summed E-state index contributed by atoms with van der Waals surface area (Å²) in [4.78, 5) is 34.4. The second-order valence-corrected chi connectivity index (χ2v) is 5.75. The van der Waals surface area contributed by atoms with Gasteiger partial charge in [0.25, 0.3) is 5.91 Å². The minimum atomic E-state index is -0.869. The van der Waals surface area contributed by atoms with Gasteiger partial charge in [0, 0.05) is 11.6 Å². The second-order valence-electron chi connectivity index (χ2n) is 5.75. The molecule has 2 unspecified atom stereocenters. The van der Waals surface area contributed by atoms with Crippen LogP contribution in [-0.2, 0) is 14.3 Å². The Labute approximate surface area is 145 Å². The predicted molar refractivity (Wildman–Crippen MR) is 86.7 cm³/mol. The highest BCUT2D eigenvalue weighted by Crippen LogP contribution is 2.32. The molecule has 0 bridgehead atoms. The van der Waals surface area contributed by atoms with E-state index in [1.807, 2.05) is 0 Å². The molecule has 0 spiro atoms. The van der Waals surface area contributed by atoms with Crippen LogP contribution in [0.1, 0.15) is 29.6 Å². The van der Waals surface area contributed by atoms with E-state index in [2.05, 4.69) is 10.1 Å². The maximum absolute atomic E-state index is 12.4. The monoisotopic (exact) mass is 351 g/mol. The van der Waals surface area contributed by atoms with E-state index < -0.39 is 11.9 Å². The number of carbonyl (C=O) groups is 3. The molecule has 1 amide bonds. The number of benzene rings is 1. The van der Waals surface area contributed by atoms with Gasteiger partial charge in [-0.1, -0.05) is 0 Å². The van der Waals surface area contributed by atoms with Crippen molar-refractivity contribution in [2.24, 2.45) is 5.92 Å². The summed E-state index contributed by atoms with van der Waals surface area (Å²) in [6, 6.07) is 4.47. The van der Waals surface area contributed by atoms with Crippen molar-refractivity contribution in [1.29, 1.82) is 0 Å². The summed E-state index contributed by atoms with van der Waals surface area (Å²) in [5.74, 6) is -1.17. The Balaban J connectivity index is 2.04. The lowest BCUT2D eigenvalue weighted by molar-refractivity contribution is -0.143. The average Bonchev–Trinajstić information content (AvgIpc) is 2.60. The fourth-order valence-electron chi connectivity index (χ4n) is 2.61. The van der Waals surface area contributed by atoms with Gasteiger partial charge >= 0.3 is 11.9 Å². The highest BCUT2D eigenvalue weighted by atomic mass is 16.6. The van der Waals surface area contributed by atoms with Crippen molar-refractivity contribution < 1.29 is 33.7 Å². The SMILES string of the molecule is COC(=O)COc1cc(C(=O)NC2CCC2CC(=O)O)ccc1OC. The van der Waals surface area contributed by atoms with E-state index >= 15 is 0 Å². The molecule has 1 fully saturated rings. The van der Waals surface area contributed by atoms with Gasteiger partial charge in [-0.15, -0.1) is 0 Å². The standard InChI is InChI=1S/C17H21NO7/c1-23-13-6-4-11(7-14(13)25-9-16(21)24-2)17(22)18-12-5-3-10(12)8-15(19)20/h4,6-7,10,12H,3,5,8-9H2,1-2H3,(H,18,22)(H,19,20). The van der Waals surface area contributed by atoms with Crippen molar-refractivity contribution in [3.8, 4) is 11.5 Å². The zero-order chi connectivity index (χ0) is 18.4. The number of amides is 1. The van der Waals surface area contributed by atoms with Crippen LogP contribution >= 0.6 is 0 Å². The number of hydrogen-bond acceptors (Lipinski definition) is 6. The molecule has 8 nitrogen and oxygen atoms in total. The summed E-state index contributed by atoms with van der Waals surface area (Å²) in [5.41, 5.74) is 0.335. The lowest BCUT2D eigenvalue weighted by atomic mass is 9.77. The number of methoxy groups -OCH3 is 2. The van der Waals surface area contributed by atoms with E-state index in [1.165, 1.54) is 20.3 Å². The van der Waals surface area contributed by atoms with Crippen LogP contribution in [0, 0.1) is 5.92 Å². The Hall–Kier alpha value is -2.77. The number of esters is 1. The molecule has 2 rings (SSSR count). The van der Waals surface area contributed by atoms with Gasteiger partial charge < -0.3 is 24.6 Å². The zero-order valence-corrected chi connectivity index (χ0v) is 14.1. The highest BCUT2D eigenvalue weighted by molar-refractivity contribution is 5.95. The fraction of sp³-hybridized carbons (Fsp3) is 0.471. The van der Waals surface area contributed by atoms with Gasteiger partial charge in [-0.25, -0.2) is 4.79 Å². The Bertz CT molecular complexity index is 658. The molecule has 1 saturated carbocycles. The third-order valence-electron chi connectivity index (χ3n) is 4.17. The van der Waals surface area contributed by atoms with Crippen molar-refractivity contribution in [1.82, 2.24) is 5.32 Å². The molecule has 2 atom stereocenters. The Morgan fingerprint density at radius 3 is 2.52 bits per heavy atom. The smallest absolute Gasteiger partial charge is 0.343 e. The summed E-state index contributed by atoms with van der Waals surface area (Å²) >= 11 is 0. The maximum atomic E-state index is 12.4. The van der Waals surface area contributed by atoms with E-state index in [0.717, 1.165) is 12.8 Å². The molecule has 25 heavy (non-hydrogen) atoms. The minimum Gasteiger partial charge on any atom is -0.493 e. The van der Waals surface area contributed by atoms with Crippen LogP contribution < -0.4 is 14.8 Å². The Morgan fingerprint density at radius 2 is 1.96 bits per heavy atom. The third-order valence-corrected chi connectivity index (χ3v) is 4.17. The number of carboxylic acid groups (broad SMARTS) is 1. The Morgan fingerprint density at radius 1 is 1.20 bits per heavy atom. The molecule has 0 aliphatic heterocycles. The van der Waals surface area contributed by atoms with Gasteiger partial charge in [0.05, 0.1) is 20.6 Å². The lowest BCUT2D eigenvalue weighted by Crippen LogP contribution is -2.47. The summed E-state index contributed by atoms with van der Waals surface area (Å²) < 4.78 is 15.0. The van der Waals surface area contributed by atoms with E-state index in [0.29, 0.717) is 11.3 Å². The van der Waals surface area contributed by atoms with Gasteiger partial charge in [0.1, 0.15) is 0 Å². The summed E-state index contributed by atoms with van der Waals surface area (Å²) in [5, 5.41) is 11.7. The van der Waals surface area contributed by atoms with Crippen molar-refractivity contribution in [3.63, 3.8) is 0 Å². The van der Waals surface area contributed by atoms with Crippen LogP contribution in [0.4, 0.5) is 0 Å². The van der Waals surface area contributed by atoms with E-state index in [9.17, 15) is 14.4 Å². The first kappa shape index (κ1) is 18.6. The van der Waals surface area contributed by atoms with Crippen LogP contribution in [0.3, 0.4) is 0 Å². The van der Waals surface area contributed by atoms with Crippen molar-refractivity contribution in [2.75, 3.05) is 20.8 Å². The van der Waals surface area contributed by atoms with E-state index in [1.54, 1.807) is 12.1 Å². The van der Waals surface area contributed by atoms with E-state index in [4.69, 9.17) is 14.6 Å². The molecule has 0 aromatic heterocycles. The van der Waals surface area contributed by atoms with Crippen molar-refractivity contribution >= 4 is 17.8 Å². The first-order chi connectivity index (χ1) is 11.9. The number of nitrogens with one attached hydrogen (secondary N) is 1. The highest BCUT2D eigenvalue weighted by Gasteiger charge is 2.33. The number of rotatable bonds is 8. The number of carbonyl (C=O) groups excluding carboxylic acids is 2. The van der Waals surface area contributed by atoms with Crippen molar-refractivity contribution in [2.45, 2.75) is 25.3 Å². The first-order valence-corrected chi connectivity index (χ1v) is 7.85. The molecule has 1 aliphatic rings. The topological polar surface area (TPSA) is 111 Å². The van der Waals surface area contributed by atoms with Gasteiger partial charge in [0.15, 0.2) is 18.1 Å². The van der Waals surface area contributed by atoms with E-state index in [-0.39, 0.29) is 36.6 Å². The summed E-state index contributed by atoms with van der Waals surface area (Å²) in [7, 11) is 2.70. The first-order valence-electron chi connectivity index (χ1n) is 7.85. The quantitative estimate of drug-likeness (QED) is 0.678. The lowest BCUT2D eigenvalue weighted by Gasteiger charge is -2.36. The van der Waals surface area contributed by atoms with Gasteiger partial charge in [-0.2, -0.15) is 0 Å². The Kier molecular flexibility index (Phi) is 6.21. The molecule has 8 heteroatoms. The number of carboxylic acids is 1. The summed E-state index contributed by atoms with van der Waals surface area (Å²) in [6.07, 6.45) is 1.58. The number of aliphatic carboxylic acids is 1. The maximum Gasteiger partial charge on any atom is 0.343 e. The van der Waals surface area contributed by atoms with Gasteiger partial charge in [-0.3, -0.25) is 9.59 Å². The molecule has 0 saturated heterocycles. The molecule has 1 aromatic carbocycles. The van der Waals surface area contributed by atoms with Gasteiger partial charge in [-0.05, 0) is 37.0 Å². The normalized spacial score (nSPS) is 18.6. The largest absolute Gasteiger partial charge is 0.493 e. The number of hydrogen-bond donors (Lipinski definition) is 2. The molecule has 136 valence electrons. The molecule has 0 heterocycles. The minimum absolute atomic E-state index is 0.0427. The molecular formula is C17H21NO7. The van der Waals surface area contributed by atoms with Crippen LogP contribution in [0.5, 0.6) is 11.5 Å². The van der Waals surface area contributed by atoms with Crippen LogP contribution in [-0.4, -0.2) is 49.8 Å². The molecule has 0 radical (unpaired) electrons. The molecule has 1 aliphatic carbocycles. The fourth-order valence-corrected chi connectivity index (χ4v) is 2.61. The third kappa shape index (κ3) is 4.85. The predicted octanol–water partition coefficient (Wildman–Crippen LogP) is 1.23. The van der Waals surface area contributed by atoms with Crippen LogP contribution in [0.25, 0.3) is 0 Å². The average molecular weight is 351 g/mol. The molecule has 1 aromatic rings. The van der Waals surface area contributed by atoms with Crippen LogP contribution in [0.15, 0.2) is 18.2 Å².